The van der Waals surface area contributed by atoms with Gasteiger partial charge in [0.15, 0.2) is 13.2 Å². The molecule has 0 saturated carbocycles. The molecule has 136 valence electrons. The van der Waals surface area contributed by atoms with E-state index < -0.39 is 18.5 Å². The van der Waals surface area contributed by atoms with Crippen LogP contribution in [-0.4, -0.2) is 36.4 Å². The van der Waals surface area contributed by atoms with E-state index in [4.69, 9.17) is 14.6 Å². The maximum absolute atomic E-state index is 11.8. The largest absolute Gasteiger partial charge is 0.483 e. The molecule has 0 fully saturated rings. The minimum absolute atomic E-state index is 0.168. The van der Waals surface area contributed by atoms with Crippen molar-refractivity contribution in [1.29, 1.82) is 0 Å². The number of carboxylic acid groups (broad SMARTS) is 1. The number of aliphatic carboxylic acids is 1. The summed E-state index contributed by atoms with van der Waals surface area (Å²) in [5.41, 5.74) is 4.97. The number of ether oxygens (including phenoxy) is 2. The van der Waals surface area contributed by atoms with Crippen molar-refractivity contribution in [3.05, 3.63) is 59.2 Å². The lowest BCUT2D eigenvalue weighted by Gasteiger charge is -2.10. The predicted molar refractivity (Wildman–Crippen MR) is 96.7 cm³/mol. The Kier molecular flexibility index (Phi) is 6.73. The van der Waals surface area contributed by atoms with Crippen LogP contribution in [0.25, 0.3) is 0 Å². The highest BCUT2D eigenvalue weighted by Crippen LogP contribution is 2.20. The van der Waals surface area contributed by atoms with E-state index in [1.165, 1.54) is 6.21 Å². The van der Waals surface area contributed by atoms with Crippen LogP contribution in [0.2, 0.25) is 0 Å². The first-order valence-corrected chi connectivity index (χ1v) is 7.92. The SMILES string of the molecule is Cc1cccc(OCC(=O)NN=Cc2ccccc2OCC(=O)O)c1C. The highest BCUT2D eigenvalue weighted by Gasteiger charge is 2.06. The molecule has 0 bridgehead atoms. The average molecular weight is 356 g/mol. The van der Waals surface area contributed by atoms with E-state index in [1.54, 1.807) is 30.3 Å². The van der Waals surface area contributed by atoms with Crippen molar-refractivity contribution in [3.8, 4) is 11.5 Å². The first-order chi connectivity index (χ1) is 12.5. The summed E-state index contributed by atoms with van der Waals surface area (Å²) >= 11 is 0. The molecule has 0 unspecified atom stereocenters. The van der Waals surface area contributed by atoms with Gasteiger partial charge < -0.3 is 14.6 Å². The fraction of sp³-hybridized carbons (Fsp3) is 0.211. The first kappa shape index (κ1) is 19.0. The van der Waals surface area contributed by atoms with Gasteiger partial charge in [0.1, 0.15) is 11.5 Å². The number of nitrogens with one attached hydrogen (secondary N) is 1. The molecule has 0 aliphatic heterocycles. The lowest BCUT2D eigenvalue weighted by Crippen LogP contribution is -2.24. The number of hydrogen-bond acceptors (Lipinski definition) is 5. The highest BCUT2D eigenvalue weighted by atomic mass is 16.5. The van der Waals surface area contributed by atoms with Crippen molar-refractivity contribution in [2.75, 3.05) is 13.2 Å². The van der Waals surface area contributed by atoms with Gasteiger partial charge >= 0.3 is 5.97 Å². The van der Waals surface area contributed by atoms with Crippen LogP contribution in [0.15, 0.2) is 47.6 Å². The van der Waals surface area contributed by atoms with Gasteiger partial charge in [-0.05, 0) is 43.2 Å². The second-order valence-corrected chi connectivity index (χ2v) is 5.50. The molecule has 2 N–H and O–H groups in total. The molecular weight excluding hydrogens is 336 g/mol. The normalized spacial score (nSPS) is 10.5. The van der Waals surface area contributed by atoms with Crippen molar-refractivity contribution in [2.45, 2.75) is 13.8 Å². The number of carbonyl (C=O) groups excluding carboxylic acids is 1. The van der Waals surface area contributed by atoms with Gasteiger partial charge in [-0.3, -0.25) is 4.79 Å². The van der Waals surface area contributed by atoms with Crippen molar-refractivity contribution in [2.24, 2.45) is 5.10 Å². The molecule has 0 aliphatic carbocycles. The fourth-order valence-corrected chi connectivity index (χ4v) is 2.09. The van der Waals surface area contributed by atoms with Crippen LogP contribution in [0.3, 0.4) is 0 Å². The summed E-state index contributed by atoms with van der Waals surface area (Å²) in [4.78, 5) is 22.4. The van der Waals surface area contributed by atoms with Crippen LogP contribution in [0, 0.1) is 13.8 Å². The molecule has 2 rings (SSSR count). The molecule has 0 saturated heterocycles. The van der Waals surface area contributed by atoms with Gasteiger partial charge in [0, 0.05) is 5.56 Å². The van der Waals surface area contributed by atoms with E-state index in [1.807, 2.05) is 26.0 Å². The number of amides is 1. The van der Waals surface area contributed by atoms with Crippen molar-refractivity contribution in [3.63, 3.8) is 0 Å². The Morgan fingerprint density at radius 3 is 2.50 bits per heavy atom. The number of rotatable bonds is 8. The maximum Gasteiger partial charge on any atom is 0.341 e. The Hall–Kier alpha value is -3.35. The summed E-state index contributed by atoms with van der Waals surface area (Å²) in [6.07, 6.45) is 1.38. The molecule has 0 heterocycles. The molecule has 2 aromatic rings. The van der Waals surface area contributed by atoms with Crippen molar-refractivity contribution < 1.29 is 24.2 Å². The van der Waals surface area contributed by atoms with Gasteiger partial charge in [0.2, 0.25) is 0 Å². The molecule has 0 aliphatic rings. The van der Waals surface area contributed by atoms with E-state index in [0.717, 1.165) is 11.1 Å². The molecule has 1 amide bonds. The number of hydrogen-bond donors (Lipinski definition) is 2. The van der Waals surface area contributed by atoms with Crippen LogP contribution in [-0.2, 0) is 9.59 Å². The third-order valence-electron chi connectivity index (χ3n) is 3.58. The summed E-state index contributed by atoms with van der Waals surface area (Å²) in [5.74, 6) is -0.476. The Labute approximate surface area is 151 Å². The summed E-state index contributed by atoms with van der Waals surface area (Å²) in [7, 11) is 0. The fourth-order valence-electron chi connectivity index (χ4n) is 2.09. The quantitative estimate of drug-likeness (QED) is 0.559. The van der Waals surface area contributed by atoms with E-state index in [0.29, 0.717) is 17.1 Å². The van der Waals surface area contributed by atoms with Gasteiger partial charge in [-0.15, -0.1) is 0 Å². The Balaban J connectivity index is 1.89. The second kappa shape index (κ2) is 9.22. The summed E-state index contributed by atoms with van der Waals surface area (Å²) in [6.45, 7) is 3.27. The average Bonchev–Trinajstić information content (AvgIpc) is 2.62. The number of carbonyl (C=O) groups is 2. The number of carboxylic acids is 1. The molecular formula is C19H20N2O5. The molecule has 26 heavy (non-hydrogen) atoms. The van der Waals surface area contributed by atoms with Crippen molar-refractivity contribution >= 4 is 18.1 Å². The van der Waals surface area contributed by atoms with E-state index in [9.17, 15) is 9.59 Å². The van der Waals surface area contributed by atoms with Crippen LogP contribution < -0.4 is 14.9 Å². The molecule has 0 spiro atoms. The minimum atomic E-state index is -1.08. The molecule has 0 radical (unpaired) electrons. The number of benzene rings is 2. The highest BCUT2D eigenvalue weighted by molar-refractivity contribution is 5.85. The third kappa shape index (κ3) is 5.62. The lowest BCUT2D eigenvalue weighted by atomic mass is 10.1. The van der Waals surface area contributed by atoms with Crippen LogP contribution in [0.4, 0.5) is 0 Å². The monoisotopic (exact) mass is 356 g/mol. The number of aryl methyl sites for hydroxylation is 1. The molecule has 7 heteroatoms. The zero-order valence-corrected chi connectivity index (χ0v) is 14.6. The first-order valence-electron chi connectivity index (χ1n) is 7.92. The van der Waals surface area contributed by atoms with Crippen molar-refractivity contribution in [1.82, 2.24) is 5.43 Å². The number of para-hydroxylation sites is 1. The van der Waals surface area contributed by atoms with Gasteiger partial charge in [-0.25, -0.2) is 10.2 Å². The van der Waals surface area contributed by atoms with E-state index in [2.05, 4.69) is 10.5 Å². The lowest BCUT2D eigenvalue weighted by molar-refractivity contribution is -0.139. The minimum Gasteiger partial charge on any atom is -0.483 e. The second-order valence-electron chi connectivity index (χ2n) is 5.50. The van der Waals surface area contributed by atoms with Gasteiger partial charge in [-0.2, -0.15) is 5.10 Å². The standard InChI is InChI=1S/C19H20N2O5/c1-13-6-5-9-16(14(13)2)25-11-18(22)21-20-10-15-7-3-4-8-17(15)26-12-19(23)24/h3-10H,11-12H2,1-2H3,(H,21,22)(H,23,24). The van der Waals surface area contributed by atoms with Gasteiger partial charge in [0.05, 0.1) is 6.21 Å². The number of nitrogens with zero attached hydrogens (tertiary/aromatic N) is 1. The Morgan fingerprint density at radius 1 is 1.04 bits per heavy atom. The molecule has 0 atom stereocenters. The summed E-state index contributed by atoms with van der Waals surface area (Å²) in [6, 6.07) is 12.4. The summed E-state index contributed by atoms with van der Waals surface area (Å²) < 4.78 is 10.7. The van der Waals surface area contributed by atoms with E-state index in [-0.39, 0.29) is 6.61 Å². The predicted octanol–water partition coefficient (Wildman–Crippen LogP) is 2.30. The van der Waals surface area contributed by atoms with Gasteiger partial charge in [0.25, 0.3) is 5.91 Å². The van der Waals surface area contributed by atoms with Crippen LogP contribution >= 0.6 is 0 Å². The maximum atomic E-state index is 11.8. The number of hydrazone groups is 1. The molecule has 2 aromatic carbocycles. The molecule has 0 aromatic heterocycles. The van der Waals surface area contributed by atoms with E-state index >= 15 is 0 Å². The third-order valence-corrected chi connectivity index (χ3v) is 3.58. The summed E-state index contributed by atoms with van der Waals surface area (Å²) in [5, 5.41) is 12.5. The van der Waals surface area contributed by atoms with Crippen LogP contribution in [0.5, 0.6) is 11.5 Å². The van der Waals surface area contributed by atoms with Crippen LogP contribution in [0.1, 0.15) is 16.7 Å². The Bertz CT molecular complexity index is 817. The Morgan fingerprint density at radius 2 is 1.73 bits per heavy atom. The smallest absolute Gasteiger partial charge is 0.341 e. The zero-order valence-electron chi connectivity index (χ0n) is 14.6. The van der Waals surface area contributed by atoms with Gasteiger partial charge in [-0.1, -0.05) is 24.3 Å². The molecule has 7 nitrogen and oxygen atoms in total. The zero-order chi connectivity index (χ0) is 18.9. The topological polar surface area (TPSA) is 97.2 Å².